The number of hydrogen-bond acceptors (Lipinski definition) is 9. The number of rotatable bonds is 7. The molecule has 2 aliphatic heterocycles. The van der Waals surface area contributed by atoms with Gasteiger partial charge in [-0.1, -0.05) is 44.0 Å². The van der Waals surface area contributed by atoms with Crippen LogP contribution in [0.4, 0.5) is 4.79 Å². The predicted molar refractivity (Wildman–Crippen MR) is 195 cm³/mol. The van der Waals surface area contributed by atoms with Gasteiger partial charge in [-0.05, 0) is 75.5 Å². The minimum Gasteiger partial charge on any atom is -0.472 e. The van der Waals surface area contributed by atoms with Crippen molar-refractivity contribution in [3.63, 3.8) is 0 Å². The summed E-state index contributed by atoms with van der Waals surface area (Å²) in [6.45, 7) is 5.42. The van der Waals surface area contributed by atoms with Gasteiger partial charge >= 0.3 is 6.09 Å². The second kappa shape index (κ2) is 13.8. The second-order valence-corrected chi connectivity index (χ2v) is 17.9. The van der Waals surface area contributed by atoms with E-state index in [1.807, 2.05) is 26.0 Å². The molecular weight excluding hydrogens is 726 g/mol. The smallest absolute Gasteiger partial charge is 0.405 e. The van der Waals surface area contributed by atoms with Crippen molar-refractivity contribution >= 4 is 62.1 Å². The Kier molecular flexibility index (Phi) is 9.58. The summed E-state index contributed by atoms with van der Waals surface area (Å²) in [5, 5.41) is 16.2. The van der Waals surface area contributed by atoms with Crippen molar-refractivity contribution < 1.29 is 37.4 Å². The lowest BCUT2D eigenvalue weighted by atomic mass is 9.85. The maximum Gasteiger partial charge on any atom is 0.405 e. The summed E-state index contributed by atoms with van der Waals surface area (Å²) in [7, 11) is -4.01. The highest BCUT2D eigenvalue weighted by molar-refractivity contribution is 7.91. The molecule has 53 heavy (non-hydrogen) atoms. The number of fused-ring (bicyclic) bond motifs is 5. The number of aromatic nitrogens is 3. The van der Waals surface area contributed by atoms with E-state index in [9.17, 15) is 32.7 Å². The fourth-order valence-corrected chi connectivity index (χ4v) is 9.29. The van der Waals surface area contributed by atoms with Crippen LogP contribution in [0.5, 0.6) is 5.88 Å². The van der Waals surface area contributed by atoms with Gasteiger partial charge in [0.2, 0.25) is 33.5 Å². The molecule has 15 nitrogen and oxygen atoms in total. The van der Waals surface area contributed by atoms with Crippen LogP contribution in [-0.2, 0) is 24.4 Å². The Morgan fingerprint density at radius 1 is 1.21 bits per heavy atom. The third-order valence-electron chi connectivity index (χ3n) is 11.4. The Bertz CT molecular complexity index is 2120. The minimum absolute atomic E-state index is 0.0253. The van der Waals surface area contributed by atoms with Gasteiger partial charge in [-0.2, -0.15) is 4.98 Å². The normalized spacial score (nSPS) is 30.1. The van der Waals surface area contributed by atoms with Crippen molar-refractivity contribution in [2.24, 2.45) is 17.8 Å². The van der Waals surface area contributed by atoms with Gasteiger partial charge in [0.15, 0.2) is 0 Å². The van der Waals surface area contributed by atoms with Crippen molar-refractivity contribution in [1.29, 1.82) is 0 Å². The number of carbonyl (C=O) groups excluding carboxylic acids is 3. The molecule has 0 spiro atoms. The lowest BCUT2D eigenvalue weighted by Gasteiger charge is -2.33. The number of nitrogens with zero attached hydrogens (tertiary/aromatic N) is 4. The summed E-state index contributed by atoms with van der Waals surface area (Å²) in [5.41, 5.74) is -0.842. The second-order valence-electron chi connectivity index (χ2n) is 15.3. The summed E-state index contributed by atoms with van der Waals surface area (Å²) in [6.07, 6.45) is 8.40. The van der Waals surface area contributed by atoms with E-state index < -0.39 is 68.2 Å². The summed E-state index contributed by atoms with van der Waals surface area (Å²) in [5.74, 6) is -2.29. The van der Waals surface area contributed by atoms with Crippen molar-refractivity contribution in [3.05, 3.63) is 47.8 Å². The fraction of sp³-hybridized carbons (Fsp3) is 0.556. The molecule has 3 fully saturated rings. The van der Waals surface area contributed by atoms with Gasteiger partial charge in [0.05, 0.1) is 22.2 Å². The minimum atomic E-state index is -4.01. The molecule has 0 unspecified atom stereocenters. The quantitative estimate of drug-likeness (QED) is 0.256. The van der Waals surface area contributed by atoms with Gasteiger partial charge in [0.1, 0.15) is 23.7 Å². The molecule has 7 atom stereocenters. The highest BCUT2D eigenvalue weighted by atomic mass is 35.5. The van der Waals surface area contributed by atoms with Crippen LogP contribution in [-0.4, -0.2) is 91.6 Å². The molecule has 2 aliphatic carbocycles. The van der Waals surface area contributed by atoms with E-state index in [0.717, 1.165) is 11.9 Å². The van der Waals surface area contributed by atoms with E-state index in [2.05, 4.69) is 25.3 Å². The van der Waals surface area contributed by atoms with E-state index >= 15 is 0 Å². The Balaban J connectivity index is 1.25. The van der Waals surface area contributed by atoms with Crippen LogP contribution in [0.3, 0.4) is 0 Å². The maximum absolute atomic E-state index is 14.6. The molecule has 3 aromatic rings. The summed E-state index contributed by atoms with van der Waals surface area (Å²) in [4.78, 5) is 65.2. The average molecular weight is 770 g/mol. The number of nitrogens with one attached hydrogen (secondary N) is 3. The van der Waals surface area contributed by atoms with E-state index in [-0.39, 0.29) is 37.1 Å². The Morgan fingerprint density at radius 3 is 2.70 bits per heavy atom. The van der Waals surface area contributed by atoms with Gasteiger partial charge in [-0.3, -0.25) is 23.5 Å². The number of carboxylic acid groups (broad SMARTS) is 1. The van der Waals surface area contributed by atoms with E-state index in [1.165, 1.54) is 4.90 Å². The molecule has 2 aromatic heterocycles. The van der Waals surface area contributed by atoms with Crippen LogP contribution >= 0.6 is 11.6 Å². The standard InChI is InChI=1S/C36H44ClN7O8S/c1-4-21-15-20(2)7-5-6-8-22-18-36(22,32(47)42-53(50,51)35(3)11-12-35)41-29(45)27-17-24(19-44(27)31(46)28(21)39-34(48)49)52-30-25-16-23(37)9-10-26(25)43-14-13-38-33(43)40-30/h6,8-10,13-14,16,20-22,24,27-28,39H,4-5,7,11-12,15,17-19H2,1-3H3,(H,41,45)(H,42,47)(H,48,49)/t20-,21-,22-,24-,27+,28+,36-/m1/s1. The Morgan fingerprint density at radius 2 is 1.98 bits per heavy atom. The van der Waals surface area contributed by atoms with Crippen molar-refractivity contribution in [2.75, 3.05) is 6.54 Å². The molecule has 4 aliphatic rings. The van der Waals surface area contributed by atoms with Crippen LogP contribution in [0.1, 0.15) is 72.1 Å². The van der Waals surface area contributed by atoms with Crippen LogP contribution < -0.4 is 20.1 Å². The maximum atomic E-state index is 14.6. The van der Waals surface area contributed by atoms with Gasteiger partial charge in [0, 0.05) is 29.8 Å². The van der Waals surface area contributed by atoms with Gasteiger partial charge in [-0.15, -0.1) is 0 Å². The number of imidazole rings is 1. The number of benzene rings is 1. The first-order chi connectivity index (χ1) is 25.1. The molecule has 0 radical (unpaired) electrons. The Labute approximate surface area is 311 Å². The molecule has 284 valence electrons. The van der Waals surface area contributed by atoms with Crippen LogP contribution in [0, 0.1) is 17.8 Å². The van der Waals surface area contributed by atoms with Crippen molar-refractivity contribution in [3.8, 4) is 5.88 Å². The van der Waals surface area contributed by atoms with Crippen LogP contribution in [0.2, 0.25) is 5.02 Å². The molecule has 2 saturated carbocycles. The third-order valence-corrected chi connectivity index (χ3v) is 13.8. The van der Waals surface area contributed by atoms with Crippen LogP contribution in [0.15, 0.2) is 42.7 Å². The molecule has 7 rings (SSSR count). The number of carbonyl (C=O) groups is 4. The zero-order valence-electron chi connectivity index (χ0n) is 29.7. The molecule has 0 bridgehead atoms. The zero-order chi connectivity index (χ0) is 37.9. The first-order valence-corrected chi connectivity index (χ1v) is 19.9. The number of hydrogen-bond donors (Lipinski definition) is 4. The largest absolute Gasteiger partial charge is 0.472 e. The highest BCUT2D eigenvalue weighted by Crippen LogP contribution is 2.47. The first kappa shape index (κ1) is 36.9. The third kappa shape index (κ3) is 7.02. The average Bonchev–Trinajstić information content (AvgIpc) is 3.89. The zero-order valence-corrected chi connectivity index (χ0v) is 31.3. The number of allylic oxidation sites excluding steroid dienone is 1. The lowest BCUT2D eigenvalue weighted by Crippen LogP contribution is -2.59. The summed E-state index contributed by atoms with van der Waals surface area (Å²) >= 11 is 6.37. The van der Waals surface area contributed by atoms with Crippen molar-refractivity contribution in [1.82, 2.24) is 34.6 Å². The molecule has 4 heterocycles. The topological polar surface area (TPSA) is 201 Å². The van der Waals surface area contributed by atoms with E-state index in [0.29, 0.717) is 48.3 Å². The van der Waals surface area contributed by atoms with Gasteiger partial charge in [-0.25, -0.2) is 18.2 Å². The predicted octanol–water partition coefficient (Wildman–Crippen LogP) is 3.80. The number of halogens is 1. The van der Waals surface area contributed by atoms with E-state index in [4.69, 9.17) is 16.3 Å². The van der Waals surface area contributed by atoms with Gasteiger partial charge in [0.25, 0.3) is 5.91 Å². The molecule has 4 N–H and O–H groups in total. The van der Waals surface area contributed by atoms with Gasteiger partial charge < -0.3 is 25.4 Å². The monoisotopic (exact) mass is 769 g/mol. The summed E-state index contributed by atoms with van der Waals surface area (Å²) < 4.78 is 35.7. The lowest BCUT2D eigenvalue weighted by molar-refractivity contribution is -0.142. The SMILES string of the molecule is CC[C@@H]1C[C@H](C)CCC=C[C@@H]2C[C@@]2(C(=O)NS(=O)(=O)C2(C)CC2)NC(=O)[C@@H]2C[C@@H](Oc3nc4nccn4c4ccc(Cl)cc34)CN2C(=O)[C@H]1NC(=O)O. The molecule has 4 amide bonds. The first-order valence-electron chi connectivity index (χ1n) is 18.1. The van der Waals surface area contributed by atoms with Crippen LogP contribution in [0.25, 0.3) is 16.7 Å². The summed E-state index contributed by atoms with van der Waals surface area (Å²) in [6, 6.07) is 2.88. The van der Waals surface area contributed by atoms with Crippen molar-refractivity contribution in [2.45, 2.75) is 101 Å². The number of ether oxygens (including phenoxy) is 1. The fourth-order valence-electron chi connectivity index (χ4n) is 7.80. The van der Waals surface area contributed by atoms with E-state index in [1.54, 1.807) is 41.9 Å². The molecule has 17 heteroatoms. The highest BCUT2D eigenvalue weighted by Gasteiger charge is 2.63. The Hall–Kier alpha value is -4.44. The molecule has 1 saturated heterocycles. The molecular formula is C36H44ClN7O8S. The molecule has 1 aromatic carbocycles. The number of sulfonamides is 1. The number of amides is 4.